The number of nitrogens with one attached hydrogen (secondary N) is 1. The predicted molar refractivity (Wildman–Crippen MR) is 61.5 cm³/mol. The average Bonchev–Trinajstić information content (AvgIpc) is 2.34. The van der Waals surface area contributed by atoms with E-state index >= 15 is 0 Å². The molecule has 5 atom stereocenters. The molecule has 17 heavy (non-hydrogen) atoms. The third-order valence-corrected chi connectivity index (χ3v) is 2.99. The van der Waals surface area contributed by atoms with Crippen molar-refractivity contribution in [2.24, 2.45) is 0 Å². The Bertz CT molecular complexity index is 216. The third kappa shape index (κ3) is 3.61. The highest BCUT2D eigenvalue weighted by Gasteiger charge is 2.43. The minimum absolute atomic E-state index is 0.345. The molecule has 0 aromatic heterocycles. The highest BCUT2D eigenvalue weighted by Crippen LogP contribution is 2.21. The van der Waals surface area contributed by atoms with Crippen LogP contribution in [0.15, 0.2) is 0 Å². The Hall–Kier alpha value is -0.240. The summed E-state index contributed by atoms with van der Waals surface area (Å²) in [6.07, 6.45) is -1.67. The van der Waals surface area contributed by atoms with Gasteiger partial charge in [0.15, 0.2) is 6.29 Å². The maximum Gasteiger partial charge on any atom is 0.175 e. The van der Waals surface area contributed by atoms with Gasteiger partial charge in [-0.15, -0.1) is 0 Å². The van der Waals surface area contributed by atoms with Crippen molar-refractivity contribution >= 4 is 0 Å². The number of hydrogen-bond donors (Lipinski definition) is 4. The SMILES string of the molecule is CCCCOC1OC(CO)C(O)C(O)C1NC. The molecule has 0 radical (unpaired) electrons. The number of aliphatic hydroxyl groups is 3. The molecule has 4 N–H and O–H groups in total. The lowest BCUT2D eigenvalue weighted by Crippen LogP contribution is -2.63. The molecule has 1 rings (SSSR count). The molecule has 0 saturated carbocycles. The van der Waals surface area contributed by atoms with E-state index in [1.165, 1.54) is 0 Å². The van der Waals surface area contributed by atoms with Crippen LogP contribution in [0, 0.1) is 0 Å². The lowest BCUT2D eigenvalue weighted by Gasteiger charge is -2.41. The van der Waals surface area contributed by atoms with Crippen LogP contribution in [0.2, 0.25) is 0 Å². The largest absolute Gasteiger partial charge is 0.394 e. The summed E-state index contributed by atoms with van der Waals surface area (Å²) >= 11 is 0. The molecule has 0 aliphatic carbocycles. The van der Waals surface area contributed by atoms with E-state index in [9.17, 15) is 10.2 Å². The number of hydrogen-bond acceptors (Lipinski definition) is 6. The average molecular weight is 249 g/mol. The molecule has 0 aromatic carbocycles. The quantitative estimate of drug-likeness (QED) is 0.443. The molecular weight excluding hydrogens is 226 g/mol. The van der Waals surface area contributed by atoms with E-state index in [0.29, 0.717) is 6.61 Å². The Morgan fingerprint density at radius 2 is 2.00 bits per heavy atom. The first-order valence-electron chi connectivity index (χ1n) is 6.07. The number of aliphatic hydroxyl groups excluding tert-OH is 3. The Morgan fingerprint density at radius 3 is 2.53 bits per heavy atom. The van der Waals surface area contributed by atoms with Crippen molar-refractivity contribution < 1.29 is 24.8 Å². The van der Waals surface area contributed by atoms with Crippen molar-refractivity contribution in [1.82, 2.24) is 5.32 Å². The Morgan fingerprint density at radius 1 is 1.29 bits per heavy atom. The van der Waals surface area contributed by atoms with Gasteiger partial charge in [-0.25, -0.2) is 0 Å². The van der Waals surface area contributed by atoms with Crippen molar-refractivity contribution in [3.8, 4) is 0 Å². The zero-order valence-corrected chi connectivity index (χ0v) is 10.4. The van der Waals surface area contributed by atoms with E-state index in [2.05, 4.69) is 12.2 Å². The van der Waals surface area contributed by atoms with Gasteiger partial charge in [0.05, 0.1) is 12.6 Å². The first kappa shape index (κ1) is 14.8. The fourth-order valence-corrected chi connectivity index (χ4v) is 1.88. The fraction of sp³-hybridized carbons (Fsp3) is 1.00. The molecule has 6 heteroatoms. The van der Waals surface area contributed by atoms with E-state index in [0.717, 1.165) is 12.8 Å². The van der Waals surface area contributed by atoms with E-state index in [4.69, 9.17) is 14.6 Å². The summed E-state index contributed by atoms with van der Waals surface area (Å²) in [5, 5.41) is 31.5. The maximum atomic E-state index is 9.88. The van der Waals surface area contributed by atoms with Crippen LogP contribution < -0.4 is 5.32 Å². The summed E-state index contributed by atoms with van der Waals surface area (Å²) in [6, 6.07) is -0.496. The Kier molecular flexibility index (Phi) is 6.32. The number of likely N-dealkylation sites (N-methyl/N-ethyl adjacent to an activating group) is 1. The highest BCUT2D eigenvalue weighted by molar-refractivity contribution is 4.92. The molecule has 1 aliphatic heterocycles. The van der Waals surface area contributed by atoms with Crippen LogP contribution in [0.1, 0.15) is 19.8 Å². The second-order valence-corrected chi connectivity index (χ2v) is 4.25. The lowest BCUT2D eigenvalue weighted by atomic mass is 9.97. The van der Waals surface area contributed by atoms with Crippen LogP contribution in [0.25, 0.3) is 0 Å². The monoisotopic (exact) mass is 249 g/mol. The van der Waals surface area contributed by atoms with Gasteiger partial charge in [-0.3, -0.25) is 0 Å². The molecule has 0 amide bonds. The second kappa shape index (κ2) is 7.25. The van der Waals surface area contributed by atoms with Crippen molar-refractivity contribution in [2.75, 3.05) is 20.3 Å². The van der Waals surface area contributed by atoms with E-state index in [1.54, 1.807) is 7.05 Å². The molecule has 0 spiro atoms. The predicted octanol–water partition coefficient (Wildman–Crippen LogP) is -1.17. The van der Waals surface area contributed by atoms with Gasteiger partial charge in [0.25, 0.3) is 0 Å². The summed E-state index contributed by atoms with van der Waals surface area (Å²) < 4.78 is 10.9. The third-order valence-electron chi connectivity index (χ3n) is 2.99. The van der Waals surface area contributed by atoms with Gasteiger partial charge in [-0.1, -0.05) is 13.3 Å². The van der Waals surface area contributed by atoms with Crippen LogP contribution in [0.4, 0.5) is 0 Å². The second-order valence-electron chi connectivity index (χ2n) is 4.25. The molecule has 1 heterocycles. The van der Waals surface area contributed by atoms with Crippen molar-refractivity contribution in [1.29, 1.82) is 0 Å². The van der Waals surface area contributed by atoms with Crippen molar-refractivity contribution in [2.45, 2.75) is 50.4 Å². The summed E-state index contributed by atoms with van der Waals surface area (Å²) in [5.74, 6) is 0. The Labute approximate surface area is 102 Å². The van der Waals surface area contributed by atoms with Gasteiger partial charge in [0.1, 0.15) is 18.3 Å². The standard InChI is InChI=1S/C11H23NO5/c1-3-4-5-16-11-8(12-2)10(15)9(14)7(6-13)17-11/h7-15H,3-6H2,1-2H3. The number of unbranched alkanes of at least 4 members (excludes halogenated alkanes) is 1. The van der Waals surface area contributed by atoms with E-state index < -0.39 is 30.6 Å². The van der Waals surface area contributed by atoms with Gasteiger partial charge in [-0.05, 0) is 13.5 Å². The summed E-state index contributed by atoms with van der Waals surface area (Å²) in [7, 11) is 1.67. The lowest BCUT2D eigenvalue weighted by molar-refractivity contribution is -0.270. The van der Waals surface area contributed by atoms with Gasteiger partial charge >= 0.3 is 0 Å². The van der Waals surface area contributed by atoms with Gasteiger partial charge in [0.2, 0.25) is 0 Å². The minimum Gasteiger partial charge on any atom is -0.394 e. The fourth-order valence-electron chi connectivity index (χ4n) is 1.88. The molecule has 5 unspecified atom stereocenters. The molecule has 1 aliphatic rings. The highest BCUT2D eigenvalue weighted by atomic mass is 16.7. The van der Waals surface area contributed by atoms with Gasteiger partial charge in [-0.2, -0.15) is 0 Å². The van der Waals surface area contributed by atoms with Crippen molar-refractivity contribution in [3.63, 3.8) is 0 Å². The van der Waals surface area contributed by atoms with Gasteiger partial charge < -0.3 is 30.1 Å². The normalized spacial score (nSPS) is 38.3. The first-order valence-corrected chi connectivity index (χ1v) is 6.07. The van der Waals surface area contributed by atoms with Crippen LogP contribution in [0.3, 0.4) is 0 Å². The smallest absolute Gasteiger partial charge is 0.175 e. The number of rotatable bonds is 6. The van der Waals surface area contributed by atoms with Crippen molar-refractivity contribution in [3.05, 3.63) is 0 Å². The zero-order valence-electron chi connectivity index (χ0n) is 10.4. The molecule has 1 fully saturated rings. The molecule has 0 bridgehead atoms. The van der Waals surface area contributed by atoms with Crippen LogP contribution in [-0.4, -0.2) is 66.2 Å². The van der Waals surface area contributed by atoms with Crippen LogP contribution >= 0.6 is 0 Å². The minimum atomic E-state index is -1.11. The topological polar surface area (TPSA) is 91.2 Å². The van der Waals surface area contributed by atoms with E-state index in [1.807, 2.05) is 0 Å². The zero-order chi connectivity index (χ0) is 12.8. The first-order chi connectivity index (χ1) is 8.15. The Balaban J connectivity index is 2.59. The molecule has 6 nitrogen and oxygen atoms in total. The molecular formula is C11H23NO5. The summed E-state index contributed by atoms with van der Waals surface area (Å²) in [4.78, 5) is 0. The molecule has 102 valence electrons. The molecule has 1 saturated heterocycles. The van der Waals surface area contributed by atoms with Crippen LogP contribution in [0.5, 0.6) is 0 Å². The van der Waals surface area contributed by atoms with Gasteiger partial charge in [0, 0.05) is 6.61 Å². The van der Waals surface area contributed by atoms with Crippen LogP contribution in [-0.2, 0) is 9.47 Å². The number of ether oxygens (including phenoxy) is 2. The maximum absolute atomic E-state index is 9.88. The van der Waals surface area contributed by atoms with E-state index in [-0.39, 0.29) is 6.61 Å². The summed E-state index contributed by atoms with van der Waals surface area (Å²) in [5.41, 5.74) is 0. The summed E-state index contributed by atoms with van der Waals surface area (Å²) in [6.45, 7) is 2.23. The molecule has 0 aromatic rings.